The maximum absolute atomic E-state index is 12.1. The molecular formula is C14H15N3OS2. The van der Waals surface area contributed by atoms with Crippen molar-refractivity contribution >= 4 is 29.0 Å². The van der Waals surface area contributed by atoms with Crippen molar-refractivity contribution < 1.29 is 4.79 Å². The maximum Gasteiger partial charge on any atom is 0.231 e. The van der Waals surface area contributed by atoms with Gasteiger partial charge in [-0.2, -0.15) is 0 Å². The summed E-state index contributed by atoms with van der Waals surface area (Å²) in [4.78, 5) is 12.1. The first-order valence-electron chi connectivity index (χ1n) is 6.54. The van der Waals surface area contributed by atoms with Gasteiger partial charge in [0.05, 0.1) is 11.3 Å². The molecule has 1 aliphatic rings. The molecule has 3 rings (SSSR count). The molecule has 1 saturated carbocycles. The Hall–Kier alpha value is -1.40. The van der Waals surface area contributed by atoms with E-state index in [0.717, 1.165) is 17.2 Å². The topological polar surface area (TPSA) is 54.9 Å². The summed E-state index contributed by atoms with van der Waals surface area (Å²) in [6.07, 6.45) is 3.21. The van der Waals surface area contributed by atoms with E-state index in [4.69, 9.17) is 0 Å². The third kappa shape index (κ3) is 2.86. The number of carbonyl (C=O) groups excluding carboxylic acids is 1. The number of rotatable bonds is 5. The number of benzene rings is 1. The van der Waals surface area contributed by atoms with E-state index in [1.54, 1.807) is 5.51 Å². The molecule has 1 aliphatic carbocycles. The molecule has 0 radical (unpaired) electrons. The molecule has 1 aromatic heterocycles. The standard InChI is InChI=1S/C14H15N3OS2/c18-12(9-19-13-17-15-10-20-13)16-14(7-4-8-14)11-5-2-1-3-6-11/h1-3,5-6,10H,4,7-9H2,(H,16,18). The molecule has 20 heavy (non-hydrogen) atoms. The van der Waals surface area contributed by atoms with Crippen molar-refractivity contribution in [1.29, 1.82) is 0 Å². The first-order chi connectivity index (χ1) is 9.78. The zero-order chi connectivity index (χ0) is 13.8. The van der Waals surface area contributed by atoms with Crippen LogP contribution in [0.4, 0.5) is 0 Å². The molecule has 1 heterocycles. The van der Waals surface area contributed by atoms with Crippen LogP contribution in [0, 0.1) is 0 Å². The van der Waals surface area contributed by atoms with Crippen LogP contribution < -0.4 is 5.32 Å². The summed E-state index contributed by atoms with van der Waals surface area (Å²) in [6, 6.07) is 10.2. The normalized spacial score (nSPS) is 16.4. The summed E-state index contributed by atoms with van der Waals surface area (Å²) in [5, 5.41) is 10.9. The maximum atomic E-state index is 12.1. The lowest BCUT2D eigenvalue weighted by Gasteiger charge is -2.43. The Balaban J connectivity index is 1.62. The van der Waals surface area contributed by atoms with Crippen molar-refractivity contribution in [1.82, 2.24) is 15.5 Å². The second kappa shape index (κ2) is 5.93. The van der Waals surface area contributed by atoms with Crippen LogP contribution in [0.3, 0.4) is 0 Å². The van der Waals surface area contributed by atoms with Gasteiger partial charge in [0.2, 0.25) is 5.91 Å². The quantitative estimate of drug-likeness (QED) is 0.863. The van der Waals surface area contributed by atoms with Crippen molar-refractivity contribution in [3.8, 4) is 0 Å². The highest BCUT2D eigenvalue weighted by atomic mass is 32.2. The Morgan fingerprint density at radius 2 is 2.15 bits per heavy atom. The highest BCUT2D eigenvalue weighted by molar-refractivity contribution is 8.01. The smallest absolute Gasteiger partial charge is 0.231 e. The molecular weight excluding hydrogens is 290 g/mol. The van der Waals surface area contributed by atoms with Gasteiger partial charge in [-0.3, -0.25) is 4.79 Å². The number of aromatic nitrogens is 2. The van der Waals surface area contributed by atoms with E-state index in [2.05, 4.69) is 27.6 Å². The molecule has 0 atom stereocenters. The predicted octanol–water partition coefficient (Wildman–Crippen LogP) is 2.83. The number of carbonyl (C=O) groups is 1. The first kappa shape index (κ1) is 13.6. The van der Waals surface area contributed by atoms with E-state index >= 15 is 0 Å². The first-order valence-corrected chi connectivity index (χ1v) is 8.41. The van der Waals surface area contributed by atoms with Gasteiger partial charge in [-0.15, -0.1) is 10.2 Å². The highest BCUT2D eigenvalue weighted by Gasteiger charge is 2.39. The summed E-state index contributed by atoms with van der Waals surface area (Å²) in [5.74, 6) is 0.456. The molecule has 1 N–H and O–H groups in total. The molecule has 1 fully saturated rings. The fourth-order valence-corrected chi connectivity index (χ4v) is 3.72. The number of hydrogen-bond acceptors (Lipinski definition) is 5. The van der Waals surface area contributed by atoms with Crippen LogP contribution >= 0.6 is 23.1 Å². The van der Waals surface area contributed by atoms with Crippen LogP contribution in [0.2, 0.25) is 0 Å². The third-order valence-corrected chi connectivity index (χ3v) is 5.44. The molecule has 1 aromatic carbocycles. The van der Waals surface area contributed by atoms with Gasteiger partial charge >= 0.3 is 0 Å². The summed E-state index contributed by atoms with van der Waals surface area (Å²) in [7, 11) is 0. The van der Waals surface area contributed by atoms with Gasteiger partial charge in [-0.05, 0) is 24.8 Å². The highest BCUT2D eigenvalue weighted by Crippen LogP contribution is 2.41. The fourth-order valence-electron chi connectivity index (χ4n) is 2.43. The fraction of sp³-hybridized carbons (Fsp3) is 0.357. The van der Waals surface area contributed by atoms with Crippen molar-refractivity contribution in [2.24, 2.45) is 0 Å². The minimum absolute atomic E-state index is 0.0637. The van der Waals surface area contributed by atoms with E-state index in [-0.39, 0.29) is 11.4 Å². The molecule has 0 unspecified atom stereocenters. The largest absolute Gasteiger partial charge is 0.346 e. The van der Waals surface area contributed by atoms with Crippen LogP contribution in [0.5, 0.6) is 0 Å². The minimum atomic E-state index is -0.153. The van der Waals surface area contributed by atoms with Crippen LogP contribution in [0.15, 0.2) is 40.2 Å². The average molecular weight is 305 g/mol. The summed E-state index contributed by atoms with van der Waals surface area (Å²) in [6.45, 7) is 0. The lowest BCUT2D eigenvalue weighted by molar-refractivity contribution is -0.121. The Morgan fingerprint density at radius 1 is 1.35 bits per heavy atom. The molecule has 1 amide bonds. The van der Waals surface area contributed by atoms with E-state index in [1.807, 2.05) is 18.2 Å². The SMILES string of the molecule is O=C(CSc1nncs1)NC1(c2ccccc2)CCC1. The van der Waals surface area contributed by atoms with Gasteiger partial charge < -0.3 is 5.32 Å². The van der Waals surface area contributed by atoms with Gasteiger partial charge in [0.25, 0.3) is 0 Å². The molecule has 6 heteroatoms. The second-order valence-electron chi connectivity index (χ2n) is 4.84. The number of nitrogens with one attached hydrogen (secondary N) is 1. The third-order valence-electron chi connectivity index (χ3n) is 3.58. The second-order valence-corrected chi connectivity index (χ2v) is 6.90. The van der Waals surface area contributed by atoms with Gasteiger partial charge in [0.15, 0.2) is 4.34 Å². The summed E-state index contributed by atoms with van der Waals surface area (Å²) >= 11 is 2.90. The monoisotopic (exact) mass is 305 g/mol. The van der Waals surface area contributed by atoms with Gasteiger partial charge in [0, 0.05) is 0 Å². The zero-order valence-electron chi connectivity index (χ0n) is 10.9. The molecule has 0 spiro atoms. The van der Waals surface area contributed by atoms with E-state index in [9.17, 15) is 4.79 Å². The predicted molar refractivity (Wildman–Crippen MR) is 80.7 cm³/mol. The zero-order valence-corrected chi connectivity index (χ0v) is 12.5. The molecule has 0 saturated heterocycles. The van der Waals surface area contributed by atoms with Crippen LogP contribution in [-0.4, -0.2) is 21.9 Å². The van der Waals surface area contributed by atoms with E-state index in [0.29, 0.717) is 5.75 Å². The lowest BCUT2D eigenvalue weighted by atomic mass is 9.72. The molecule has 0 aliphatic heterocycles. The Morgan fingerprint density at radius 3 is 2.75 bits per heavy atom. The number of thioether (sulfide) groups is 1. The summed E-state index contributed by atoms with van der Waals surface area (Å²) in [5.41, 5.74) is 2.73. The van der Waals surface area contributed by atoms with Gasteiger partial charge in [-0.25, -0.2) is 0 Å². The van der Waals surface area contributed by atoms with Crippen LogP contribution in [0.1, 0.15) is 24.8 Å². The lowest BCUT2D eigenvalue weighted by Crippen LogP contribution is -2.51. The Kier molecular flexibility index (Phi) is 4.03. The molecule has 2 aromatic rings. The number of amides is 1. The number of hydrogen-bond donors (Lipinski definition) is 1. The van der Waals surface area contributed by atoms with Crippen LogP contribution in [-0.2, 0) is 10.3 Å². The van der Waals surface area contributed by atoms with Gasteiger partial charge in [-0.1, -0.05) is 53.4 Å². The van der Waals surface area contributed by atoms with Crippen molar-refractivity contribution in [2.45, 2.75) is 29.1 Å². The Labute approximate surface area is 126 Å². The molecule has 4 nitrogen and oxygen atoms in total. The van der Waals surface area contributed by atoms with E-state index in [1.165, 1.54) is 35.1 Å². The minimum Gasteiger partial charge on any atom is -0.346 e. The summed E-state index contributed by atoms with van der Waals surface area (Å²) < 4.78 is 0.836. The van der Waals surface area contributed by atoms with Crippen molar-refractivity contribution in [3.63, 3.8) is 0 Å². The van der Waals surface area contributed by atoms with Gasteiger partial charge in [0.1, 0.15) is 5.51 Å². The van der Waals surface area contributed by atoms with Crippen molar-refractivity contribution in [3.05, 3.63) is 41.4 Å². The Bertz CT molecular complexity index is 567. The molecule has 0 bridgehead atoms. The van der Waals surface area contributed by atoms with E-state index < -0.39 is 0 Å². The average Bonchev–Trinajstić information content (AvgIpc) is 2.95. The molecule has 104 valence electrons. The van der Waals surface area contributed by atoms with Crippen molar-refractivity contribution in [2.75, 3.05) is 5.75 Å². The number of nitrogens with zero attached hydrogens (tertiary/aromatic N) is 2. The van der Waals surface area contributed by atoms with Crippen LogP contribution in [0.25, 0.3) is 0 Å².